The summed E-state index contributed by atoms with van der Waals surface area (Å²) in [5.74, 6) is -0.202. The number of hydrogen-bond acceptors (Lipinski definition) is 3. The molecular weight excluding hydrogens is 190 g/mol. The Bertz CT molecular complexity index is 394. The Balaban J connectivity index is 2.87. The number of primary sulfonamides is 1. The molecule has 4 nitrogen and oxygen atoms in total. The van der Waals surface area contributed by atoms with Gasteiger partial charge >= 0.3 is 0 Å². The Hall–Kier alpha value is -1.20. The molecule has 0 bridgehead atoms. The molecule has 5 heteroatoms. The summed E-state index contributed by atoms with van der Waals surface area (Å²) in [6, 6.07) is 6.23. The van der Waals surface area contributed by atoms with Gasteiger partial charge in [0, 0.05) is 5.56 Å². The van der Waals surface area contributed by atoms with Crippen LogP contribution in [0, 0.1) is 0 Å². The van der Waals surface area contributed by atoms with E-state index in [1.807, 2.05) is 0 Å². The molecule has 1 aromatic rings. The van der Waals surface area contributed by atoms with Gasteiger partial charge < -0.3 is 0 Å². The molecule has 0 radical (unpaired) electrons. The second kappa shape index (κ2) is 3.68. The highest BCUT2D eigenvalue weighted by Crippen LogP contribution is 2.04. The third kappa shape index (κ3) is 3.35. The summed E-state index contributed by atoms with van der Waals surface area (Å²) in [5, 5.41) is 4.84. The number of hydrogen-bond donors (Lipinski definition) is 1. The summed E-state index contributed by atoms with van der Waals surface area (Å²) in [5.41, 5.74) is 1.09. The Morgan fingerprint density at radius 3 is 2.15 bits per heavy atom. The van der Waals surface area contributed by atoms with Crippen molar-refractivity contribution in [2.75, 3.05) is 0 Å². The van der Waals surface area contributed by atoms with E-state index in [9.17, 15) is 13.2 Å². The van der Waals surface area contributed by atoms with Crippen molar-refractivity contribution in [3.63, 3.8) is 0 Å². The first kappa shape index (κ1) is 9.88. The minimum Gasteiger partial charge on any atom is -0.298 e. The SMILES string of the molecule is NS(=O)(=O)Cc1ccc(C=O)cc1. The van der Waals surface area contributed by atoms with E-state index in [1.165, 1.54) is 0 Å². The standard InChI is InChI=1S/C8H9NO3S/c9-13(11,12)6-8-3-1-7(5-10)2-4-8/h1-5H,6H2,(H2,9,11,12). The van der Waals surface area contributed by atoms with Crippen molar-refractivity contribution >= 4 is 16.3 Å². The highest BCUT2D eigenvalue weighted by molar-refractivity contribution is 7.88. The van der Waals surface area contributed by atoms with Crippen LogP contribution in [0.15, 0.2) is 24.3 Å². The number of nitrogens with two attached hydrogens (primary N) is 1. The zero-order valence-corrected chi connectivity index (χ0v) is 7.62. The highest BCUT2D eigenvalue weighted by Gasteiger charge is 2.03. The minimum absolute atomic E-state index is 0.202. The van der Waals surface area contributed by atoms with Crippen molar-refractivity contribution in [3.05, 3.63) is 35.4 Å². The van der Waals surface area contributed by atoms with E-state index in [-0.39, 0.29) is 5.75 Å². The summed E-state index contributed by atoms with van der Waals surface area (Å²) in [6.07, 6.45) is 0.695. The molecule has 0 amide bonds. The average molecular weight is 199 g/mol. The number of carbonyl (C=O) groups excluding carboxylic acids is 1. The van der Waals surface area contributed by atoms with Gasteiger partial charge in [-0.1, -0.05) is 24.3 Å². The van der Waals surface area contributed by atoms with E-state index in [1.54, 1.807) is 24.3 Å². The van der Waals surface area contributed by atoms with E-state index >= 15 is 0 Å². The second-order valence-corrected chi connectivity index (χ2v) is 4.28. The molecule has 0 aliphatic rings. The predicted octanol–water partition coefficient (Wildman–Crippen LogP) is 0.288. The lowest BCUT2D eigenvalue weighted by molar-refractivity contribution is 0.112. The van der Waals surface area contributed by atoms with Crippen LogP contribution in [0.3, 0.4) is 0 Å². The second-order valence-electron chi connectivity index (χ2n) is 2.67. The topological polar surface area (TPSA) is 77.2 Å². The van der Waals surface area contributed by atoms with Gasteiger partial charge in [-0.15, -0.1) is 0 Å². The summed E-state index contributed by atoms with van der Waals surface area (Å²) < 4.78 is 21.3. The van der Waals surface area contributed by atoms with Crippen molar-refractivity contribution < 1.29 is 13.2 Å². The first-order chi connectivity index (χ1) is 6.01. The first-order valence-electron chi connectivity index (χ1n) is 3.56. The molecule has 0 saturated carbocycles. The molecule has 1 rings (SSSR count). The van der Waals surface area contributed by atoms with Crippen LogP contribution < -0.4 is 5.14 Å². The maximum absolute atomic E-state index is 10.7. The average Bonchev–Trinajstić information content (AvgIpc) is 2.03. The summed E-state index contributed by atoms with van der Waals surface area (Å²) in [7, 11) is -3.49. The monoisotopic (exact) mass is 199 g/mol. The number of rotatable bonds is 3. The molecule has 0 unspecified atom stereocenters. The quantitative estimate of drug-likeness (QED) is 0.710. The zero-order valence-electron chi connectivity index (χ0n) is 6.80. The van der Waals surface area contributed by atoms with Gasteiger partial charge in [-0.2, -0.15) is 0 Å². The van der Waals surface area contributed by atoms with Gasteiger partial charge in [0.1, 0.15) is 6.29 Å². The number of benzene rings is 1. The Labute approximate surface area is 76.4 Å². The van der Waals surface area contributed by atoms with Crippen LogP contribution in [-0.4, -0.2) is 14.7 Å². The zero-order chi connectivity index (χ0) is 9.90. The van der Waals surface area contributed by atoms with Gasteiger partial charge in [-0.05, 0) is 5.56 Å². The number of sulfonamides is 1. The molecule has 0 aromatic heterocycles. The van der Waals surface area contributed by atoms with Crippen LogP contribution in [0.2, 0.25) is 0 Å². The van der Waals surface area contributed by atoms with Gasteiger partial charge in [0.15, 0.2) is 0 Å². The van der Waals surface area contributed by atoms with Crippen LogP contribution in [0.5, 0.6) is 0 Å². The summed E-state index contributed by atoms with van der Waals surface area (Å²) in [4.78, 5) is 10.3. The van der Waals surface area contributed by atoms with Crippen LogP contribution >= 0.6 is 0 Å². The summed E-state index contributed by atoms with van der Waals surface area (Å²) in [6.45, 7) is 0. The van der Waals surface area contributed by atoms with Crippen molar-refractivity contribution in [1.29, 1.82) is 0 Å². The minimum atomic E-state index is -3.49. The lowest BCUT2D eigenvalue weighted by atomic mass is 10.2. The molecule has 0 heterocycles. The van der Waals surface area contributed by atoms with Crippen molar-refractivity contribution in [3.8, 4) is 0 Å². The predicted molar refractivity (Wildman–Crippen MR) is 48.6 cm³/mol. The maximum atomic E-state index is 10.7. The van der Waals surface area contributed by atoms with Gasteiger partial charge in [-0.3, -0.25) is 4.79 Å². The van der Waals surface area contributed by atoms with E-state index in [2.05, 4.69) is 0 Å². The first-order valence-corrected chi connectivity index (χ1v) is 5.27. The van der Waals surface area contributed by atoms with Gasteiger partial charge in [-0.25, -0.2) is 13.6 Å². The Morgan fingerprint density at radius 1 is 1.23 bits per heavy atom. The smallest absolute Gasteiger partial charge is 0.213 e. The number of carbonyl (C=O) groups is 1. The van der Waals surface area contributed by atoms with Gasteiger partial charge in [0.05, 0.1) is 5.75 Å². The van der Waals surface area contributed by atoms with Crippen LogP contribution in [0.25, 0.3) is 0 Å². The molecule has 0 spiro atoms. The molecule has 0 saturated heterocycles. The third-order valence-corrected chi connectivity index (χ3v) is 2.22. The fraction of sp³-hybridized carbons (Fsp3) is 0.125. The van der Waals surface area contributed by atoms with Gasteiger partial charge in [0.25, 0.3) is 0 Å². The molecule has 0 aliphatic heterocycles. The highest BCUT2D eigenvalue weighted by atomic mass is 32.2. The van der Waals surface area contributed by atoms with Crippen molar-refractivity contribution in [2.24, 2.45) is 5.14 Å². The van der Waals surface area contributed by atoms with Crippen LogP contribution in [-0.2, 0) is 15.8 Å². The van der Waals surface area contributed by atoms with Crippen molar-refractivity contribution in [1.82, 2.24) is 0 Å². The van der Waals surface area contributed by atoms with E-state index in [0.29, 0.717) is 17.4 Å². The van der Waals surface area contributed by atoms with E-state index in [0.717, 1.165) is 0 Å². The molecule has 0 atom stereocenters. The molecule has 2 N–H and O–H groups in total. The summed E-state index contributed by atoms with van der Waals surface area (Å²) >= 11 is 0. The van der Waals surface area contributed by atoms with Crippen LogP contribution in [0.4, 0.5) is 0 Å². The number of aldehydes is 1. The van der Waals surface area contributed by atoms with E-state index < -0.39 is 10.0 Å². The molecule has 13 heavy (non-hydrogen) atoms. The Morgan fingerprint density at radius 2 is 1.77 bits per heavy atom. The largest absolute Gasteiger partial charge is 0.298 e. The fourth-order valence-corrected chi connectivity index (χ4v) is 1.58. The lowest BCUT2D eigenvalue weighted by Crippen LogP contribution is -2.14. The van der Waals surface area contributed by atoms with Gasteiger partial charge in [0.2, 0.25) is 10.0 Å². The molecule has 70 valence electrons. The Kier molecular flexibility index (Phi) is 2.79. The molecule has 0 aliphatic carbocycles. The lowest BCUT2D eigenvalue weighted by Gasteiger charge is -1.98. The molecular formula is C8H9NO3S. The van der Waals surface area contributed by atoms with Crippen LogP contribution in [0.1, 0.15) is 15.9 Å². The van der Waals surface area contributed by atoms with E-state index in [4.69, 9.17) is 5.14 Å². The maximum Gasteiger partial charge on any atom is 0.213 e. The molecule has 1 aromatic carbocycles. The third-order valence-electron chi connectivity index (χ3n) is 1.48. The fourth-order valence-electron chi connectivity index (χ4n) is 0.925. The van der Waals surface area contributed by atoms with Crippen molar-refractivity contribution in [2.45, 2.75) is 5.75 Å². The molecule has 0 fully saturated rings. The normalized spacial score (nSPS) is 11.2.